The number of aliphatic imine (C=N–C) groups is 3. The minimum absolute atomic E-state index is 0.0155. The Kier molecular flexibility index (Phi) is 14.9. The van der Waals surface area contributed by atoms with Gasteiger partial charge in [0.25, 0.3) is 0 Å². The zero-order valence-electron chi connectivity index (χ0n) is 54.9. The Morgan fingerprint density at radius 1 is 0.438 bits per heavy atom. The highest BCUT2D eigenvalue weighted by atomic mass is 16.2. The van der Waals surface area contributed by atoms with Gasteiger partial charge in [0.1, 0.15) is 17.1 Å². The summed E-state index contributed by atoms with van der Waals surface area (Å²) in [4.78, 5) is 86.2. The first-order chi connectivity index (χ1) is 46.8. The number of rotatable bonds is 5. The molecule has 0 atom stereocenters. The van der Waals surface area contributed by atoms with Crippen molar-refractivity contribution in [3.8, 4) is 33.8 Å². The maximum absolute atomic E-state index is 13.2. The third-order valence-corrected chi connectivity index (χ3v) is 19.6. The highest BCUT2D eigenvalue weighted by Crippen LogP contribution is 2.45. The van der Waals surface area contributed by atoms with Crippen LogP contribution in [-0.4, -0.2) is 145 Å². The Morgan fingerprint density at radius 2 is 0.833 bits per heavy atom. The van der Waals surface area contributed by atoms with Gasteiger partial charge < -0.3 is 15.1 Å². The molecule has 15 heterocycles. The Bertz CT molecular complexity index is 4530. The first kappa shape index (κ1) is 59.6. The molecule has 4 aliphatic carbocycles. The average molecular weight is 1290 g/mol. The number of aromatic nitrogens is 18. The molecular formula is C69H76N24O3. The van der Waals surface area contributed by atoms with E-state index in [0.29, 0.717) is 95.4 Å². The van der Waals surface area contributed by atoms with Crippen LogP contribution in [0.1, 0.15) is 207 Å². The summed E-state index contributed by atoms with van der Waals surface area (Å²) in [7, 11) is 5.69. The Labute approximate surface area is 553 Å². The van der Waals surface area contributed by atoms with E-state index in [9.17, 15) is 14.4 Å². The molecular weight excluding hydrogens is 1210 g/mol. The number of nitrogens with zero attached hydrogens (tertiary/aromatic N) is 23. The van der Waals surface area contributed by atoms with Gasteiger partial charge >= 0.3 is 0 Å². The lowest BCUT2D eigenvalue weighted by Crippen LogP contribution is -2.36. The maximum atomic E-state index is 13.2. The third-order valence-electron chi connectivity index (χ3n) is 19.6. The van der Waals surface area contributed by atoms with Gasteiger partial charge in [-0.2, -0.15) is 30.6 Å². The first-order valence-electron chi connectivity index (χ1n) is 34.2. The molecule has 9 aromatic heterocycles. The predicted molar refractivity (Wildman–Crippen MR) is 352 cm³/mol. The van der Waals surface area contributed by atoms with Gasteiger partial charge in [0.15, 0.2) is 0 Å². The predicted octanol–water partition coefficient (Wildman–Crippen LogP) is 7.13. The Balaban J connectivity index is 0.000000109. The van der Waals surface area contributed by atoms with Crippen LogP contribution in [0.2, 0.25) is 0 Å². The molecule has 27 heteroatoms. The van der Waals surface area contributed by atoms with E-state index >= 15 is 0 Å². The van der Waals surface area contributed by atoms with Crippen molar-refractivity contribution in [2.45, 2.75) is 192 Å². The second kappa shape index (κ2) is 24.0. The molecule has 4 saturated carbocycles. The van der Waals surface area contributed by atoms with Crippen molar-refractivity contribution in [2.24, 2.45) is 36.1 Å². The number of carbonyl (C=O) groups excluding carboxylic acids is 3. The fraction of sp³-hybridized carbons (Fsp3) is 0.478. The van der Waals surface area contributed by atoms with E-state index in [1.807, 2.05) is 94.5 Å². The second-order valence-corrected chi connectivity index (χ2v) is 27.5. The van der Waals surface area contributed by atoms with Crippen LogP contribution in [-0.2, 0) is 94.4 Å². The van der Waals surface area contributed by atoms with Crippen LogP contribution in [0.15, 0.2) is 70.7 Å². The zero-order chi connectivity index (χ0) is 65.0. The molecule has 0 aromatic carbocycles. The van der Waals surface area contributed by atoms with Gasteiger partial charge in [-0.05, 0) is 84.5 Å². The summed E-state index contributed by atoms with van der Waals surface area (Å²) < 4.78 is 11.3. The molecule has 9 aromatic rings. The van der Waals surface area contributed by atoms with Gasteiger partial charge in [-0.15, -0.1) is 0 Å². The van der Waals surface area contributed by atoms with E-state index in [2.05, 4.69) is 39.1 Å². The quantitative estimate of drug-likeness (QED) is 0.179. The summed E-state index contributed by atoms with van der Waals surface area (Å²) in [5.74, 6) is 1.84. The van der Waals surface area contributed by atoms with Gasteiger partial charge in [-0.25, -0.2) is 15.0 Å². The summed E-state index contributed by atoms with van der Waals surface area (Å²) in [6.45, 7) is 9.20. The molecule has 6 aliphatic heterocycles. The Hall–Kier alpha value is -10.1. The van der Waals surface area contributed by atoms with Crippen LogP contribution in [0.3, 0.4) is 0 Å². The first-order valence-corrected chi connectivity index (χ1v) is 34.2. The van der Waals surface area contributed by atoms with Crippen molar-refractivity contribution in [3.63, 3.8) is 0 Å². The standard InChI is InChI=1S/C24H26N8O.C24H28N8O.C21H22N8O/c1-30-11-16-18-9-25-19-10-26-23(24(19)27-18)17-12-31(29-22(17)14-4-5-14)8-2-3-21(33)32(15-6-7-15)13-20(16)28-30;1-14(2)32-13-20-16(11-30(3)28-20)18-9-25-19-10-26-23(24(19)27-18)17-12-31(8-4-5-21(32)33)29-22(17)15-6-7-15;1-28-10-13-15-7-22-17-9-24-20(21(17)25-15)14-11-29(27-19(14)12-4-5-12)6-2-3-18(30)23-8-16(13)26-28/h9,11-12,14-15H,2-8,10,13H2,1H3;9,11-12,14-15H,4-8,10,13H2,1-3H3;7,10-12H,2-6,8-9H2,1H3,(H,23,30). The Morgan fingerprint density at radius 3 is 1.25 bits per heavy atom. The molecule has 96 heavy (non-hydrogen) atoms. The van der Waals surface area contributed by atoms with Gasteiger partial charge in [-0.3, -0.25) is 72.4 Å². The van der Waals surface area contributed by atoms with Crippen molar-refractivity contribution in [1.82, 2.24) is 104 Å². The number of hydrogen-bond donors (Lipinski definition) is 1. The van der Waals surface area contributed by atoms with Crippen LogP contribution >= 0.6 is 0 Å². The van der Waals surface area contributed by atoms with Gasteiger partial charge in [0.2, 0.25) is 17.7 Å². The van der Waals surface area contributed by atoms with Crippen LogP contribution in [0.25, 0.3) is 33.8 Å². The fourth-order valence-electron chi connectivity index (χ4n) is 14.1. The van der Waals surface area contributed by atoms with E-state index in [1.165, 1.54) is 12.8 Å². The summed E-state index contributed by atoms with van der Waals surface area (Å²) in [5.41, 5.74) is 22.0. The van der Waals surface area contributed by atoms with E-state index in [1.54, 1.807) is 15.6 Å². The smallest absolute Gasteiger partial charge is 0.223 e. The molecule has 10 aliphatic rings. The molecule has 0 radical (unpaired) electrons. The highest BCUT2D eigenvalue weighted by Gasteiger charge is 2.39. The lowest BCUT2D eigenvalue weighted by atomic mass is 10.0. The monoisotopic (exact) mass is 1290 g/mol. The molecule has 19 rings (SSSR count). The molecule has 27 nitrogen and oxygen atoms in total. The number of nitrogens with one attached hydrogen (secondary N) is 1. The molecule has 12 bridgehead atoms. The van der Waals surface area contributed by atoms with Crippen LogP contribution in [0.4, 0.5) is 0 Å². The molecule has 0 saturated heterocycles. The van der Waals surface area contributed by atoms with Crippen molar-refractivity contribution < 1.29 is 14.4 Å². The number of aryl methyl sites for hydroxylation is 6. The molecule has 0 unspecified atom stereocenters. The molecule has 1 N–H and O–H groups in total. The second-order valence-electron chi connectivity index (χ2n) is 27.5. The highest BCUT2D eigenvalue weighted by molar-refractivity contribution is 6.16. The summed E-state index contributed by atoms with van der Waals surface area (Å²) >= 11 is 0. The van der Waals surface area contributed by atoms with Crippen molar-refractivity contribution in [3.05, 3.63) is 141 Å². The van der Waals surface area contributed by atoms with Crippen molar-refractivity contribution >= 4 is 34.9 Å². The average Bonchev–Trinajstić information content (AvgIpc) is 1.62. The summed E-state index contributed by atoms with van der Waals surface area (Å²) in [6.07, 6.45) is 30.4. The van der Waals surface area contributed by atoms with Crippen LogP contribution in [0.5, 0.6) is 0 Å². The molecule has 4 fully saturated rings. The fourth-order valence-corrected chi connectivity index (χ4v) is 14.1. The third kappa shape index (κ3) is 11.6. The van der Waals surface area contributed by atoms with E-state index in [4.69, 9.17) is 60.3 Å². The van der Waals surface area contributed by atoms with Gasteiger partial charge in [0.05, 0.1) is 143 Å². The van der Waals surface area contributed by atoms with Gasteiger partial charge in [-0.1, -0.05) is 0 Å². The number of amides is 3. The van der Waals surface area contributed by atoms with Crippen LogP contribution in [0, 0.1) is 0 Å². The van der Waals surface area contributed by atoms with E-state index in [-0.39, 0.29) is 23.8 Å². The van der Waals surface area contributed by atoms with E-state index in [0.717, 1.165) is 200 Å². The maximum Gasteiger partial charge on any atom is 0.223 e. The minimum Gasteiger partial charge on any atom is -0.350 e. The lowest BCUT2D eigenvalue weighted by molar-refractivity contribution is -0.134. The zero-order valence-corrected chi connectivity index (χ0v) is 54.9. The molecule has 490 valence electrons. The summed E-state index contributed by atoms with van der Waals surface area (Å²) in [6, 6.07) is 0.399. The molecule has 3 amide bonds. The lowest BCUT2D eigenvalue weighted by Gasteiger charge is -2.26. The van der Waals surface area contributed by atoms with Crippen molar-refractivity contribution in [2.75, 3.05) is 0 Å². The van der Waals surface area contributed by atoms with E-state index < -0.39 is 0 Å². The summed E-state index contributed by atoms with van der Waals surface area (Å²) in [5, 5.41) is 31.6. The SMILES string of the molecule is CC(C)N1Cc2nn(C)cc2-c2cnc3c(n2)C(=NC3)c2cn(nc2C2CC2)CCCC1=O.Cn1cc2c(n1)CN(C1CC1)C(=O)CCCn1cc(c(C3CC3)n1)C1=NCc3ncc-2nc31.Cn1cc2c(n1)CNC(=O)CCCn1cc(c(C3CC3)n1)C1=NCc3ncc-2nc31. The normalized spacial score (nSPS) is 19.0. The van der Waals surface area contributed by atoms with Gasteiger partial charge in [0, 0.05) is 160 Å². The van der Waals surface area contributed by atoms with Crippen molar-refractivity contribution in [1.29, 1.82) is 0 Å². The number of fused-ring (bicyclic) bond motifs is 18. The topological polar surface area (TPSA) is 291 Å². The number of carbonyl (C=O) groups is 3. The van der Waals surface area contributed by atoms with Crippen LogP contribution < -0.4 is 5.32 Å². The largest absolute Gasteiger partial charge is 0.350 e. The number of hydrogen-bond acceptors (Lipinski definition) is 18. The minimum atomic E-state index is 0.0155. The molecule has 0 spiro atoms.